The lowest BCUT2D eigenvalue weighted by Gasteiger charge is -2.20. The molecule has 0 atom stereocenters. The standard InChI is InChI=1S/C32H20N2/c1-3-9-21(10-4-1)27-17-28(24-18-33-20-34-19-24)30(23-11-5-2-6-12-23)32-26-16-8-14-22-13-7-15-25(29(22)26)31(27)32/h1-20H. The summed E-state index contributed by atoms with van der Waals surface area (Å²) in [6.07, 6.45) is 5.42. The van der Waals surface area contributed by atoms with Gasteiger partial charge in [0.05, 0.1) is 0 Å². The summed E-state index contributed by atoms with van der Waals surface area (Å²) in [5.74, 6) is 0. The van der Waals surface area contributed by atoms with Crippen molar-refractivity contribution in [2.75, 3.05) is 0 Å². The average molecular weight is 433 g/mol. The molecule has 1 heterocycles. The summed E-state index contributed by atoms with van der Waals surface area (Å²) in [6, 6.07) is 37.0. The van der Waals surface area contributed by atoms with Gasteiger partial charge in [-0.1, -0.05) is 97.1 Å². The van der Waals surface area contributed by atoms with Gasteiger partial charge in [0.15, 0.2) is 0 Å². The van der Waals surface area contributed by atoms with Crippen LogP contribution in [-0.4, -0.2) is 9.97 Å². The molecule has 0 fully saturated rings. The van der Waals surface area contributed by atoms with Gasteiger partial charge >= 0.3 is 0 Å². The van der Waals surface area contributed by atoms with Gasteiger partial charge in [-0.05, 0) is 66.9 Å². The first kappa shape index (κ1) is 19.0. The maximum Gasteiger partial charge on any atom is 0.115 e. The largest absolute Gasteiger partial charge is 0.244 e. The first-order valence-electron chi connectivity index (χ1n) is 11.5. The molecule has 0 N–H and O–H groups in total. The maximum absolute atomic E-state index is 4.36. The molecule has 6 aromatic rings. The molecule has 0 amide bonds. The summed E-state index contributed by atoms with van der Waals surface area (Å²) in [5, 5.41) is 2.60. The highest BCUT2D eigenvalue weighted by molar-refractivity contribution is 6.22. The highest BCUT2D eigenvalue weighted by Crippen LogP contribution is 2.56. The number of rotatable bonds is 3. The molecule has 0 aliphatic heterocycles. The second-order valence-electron chi connectivity index (χ2n) is 8.67. The Morgan fingerprint density at radius 3 is 1.68 bits per heavy atom. The van der Waals surface area contributed by atoms with Gasteiger partial charge in [-0.2, -0.15) is 0 Å². The maximum atomic E-state index is 4.36. The van der Waals surface area contributed by atoms with Crippen molar-refractivity contribution in [2.45, 2.75) is 0 Å². The fourth-order valence-corrected chi connectivity index (χ4v) is 5.41. The molecule has 2 nitrogen and oxygen atoms in total. The van der Waals surface area contributed by atoms with E-state index in [1.807, 2.05) is 12.4 Å². The van der Waals surface area contributed by atoms with Gasteiger partial charge in [0, 0.05) is 18.0 Å². The van der Waals surface area contributed by atoms with Crippen molar-refractivity contribution in [1.29, 1.82) is 0 Å². The molecule has 0 radical (unpaired) electrons. The molecule has 2 heteroatoms. The molecule has 1 aromatic heterocycles. The predicted octanol–water partition coefficient (Wildman–Crippen LogP) is 8.28. The van der Waals surface area contributed by atoms with E-state index in [1.54, 1.807) is 6.33 Å². The Balaban J connectivity index is 1.71. The van der Waals surface area contributed by atoms with Crippen LogP contribution >= 0.6 is 0 Å². The third kappa shape index (κ3) is 2.76. The molecule has 0 unspecified atom stereocenters. The van der Waals surface area contributed by atoms with Crippen LogP contribution < -0.4 is 0 Å². The highest BCUT2D eigenvalue weighted by Gasteiger charge is 2.29. The van der Waals surface area contributed by atoms with Crippen molar-refractivity contribution in [2.24, 2.45) is 0 Å². The summed E-state index contributed by atoms with van der Waals surface area (Å²) < 4.78 is 0. The highest BCUT2D eigenvalue weighted by atomic mass is 14.8. The van der Waals surface area contributed by atoms with E-state index in [0.717, 1.165) is 11.1 Å². The third-order valence-corrected chi connectivity index (χ3v) is 6.79. The van der Waals surface area contributed by atoms with Crippen LogP contribution in [-0.2, 0) is 0 Å². The van der Waals surface area contributed by atoms with Crippen molar-refractivity contribution in [3.63, 3.8) is 0 Å². The van der Waals surface area contributed by atoms with Crippen LogP contribution in [0, 0.1) is 0 Å². The van der Waals surface area contributed by atoms with E-state index in [0.29, 0.717) is 0 Å². The van der Waals surface area contributed by atoms with Gasteiger partial charge in [-0.25, -0.2) is 9.97 Å². The fourth-order valence-electron chi connectivity index (χ4n) is 5.41. The Morgan fingerprint density at radius 2 is 1.00 bits per heavy atom. The van der Waals surface area contributed by atoms with E-state index in [9.17, 15) is 0 Å². The Kier molecular flexibility index (Phi) is 4.18. The molecule has 1 aliphatic rings. The van der Waals surface area contributed by atoms with Gasteiger partial charge in [0.2, 0.25) is 0 Å². The topological polar surface area (TPSA) is 25.8 Å². The number of fused-ring (bicyclic) bond motifs is 3. The number of aromatic nitrogens is 2. The van der Waals surface area contributed by atoms with Gasteiger partial charge in [0.25, 0.3) is 0 Å². The lowest BCUT2D eigenvalue weighted by molar-refractivity contribution is 1.17. The van der Waals surface area contributed by atoms with Crippen molar-refractivity contribution in [3.8, 4) is 55.6 Å². The molecule has 0 saturated heterocycles. The van der Waals surface area contributed by atoms with Crippen molar-refractivity contribution < 1.29 is 0 Å². The van der Waals surface area contributed by atoms with Gasteiger partial charge in [-0.15, -0.1) is 0 Å². The van der Waals surface area contributed by atoms with E-state index in [4.69, 9.17) is 0 Å². The number of hydrogen-bond acceptors (Lipinski definition) is 2. The zero-order valence-electron chi connectivity index (χ0n) is 18.4. The van der Waals surface area contributed by atoms with E-state index >= 15 is 0 Å². The Bertz CT molecular complexity index is 1670. The SMILES string of the molecule is c1ccc(-c2cc(-c3cncnc3)c(-c3ccccc3)c3c2-c2cccc4cccc-3c24)cc1. The Hall–Kier alpha value is -4.56. The molecule has 5 aromatic carbocycles. The second kappa shape index (κ2) is 7.50. The van der Waals surface area contributed by atoms with Crippen LogP contribution in [0.5, 0.6) is 0 Å². The lowest BCUT2D eigenvalue weighted by Crippen LogP contribution is -1.95. The summed E-state index contributed by atoms with van der Waals surface area (Å²) in [7, 11) is 0. The summed E-state index contributed by atoms with van der Waals surface area (Å²) >= 11 is 0. The molecular formula is C32H20N2. The summed E-state index contributed by atoms with van der Waals surface area (Å²) in [6.45, 7) is 0. The minimum absolute atomic E-state index is 1.02. The molecule has 1 aliphatic carbocycles. The van der Waals surface area contributed by atoms with Crippen LogP contribution in [0.3, 0.4) is 0 Å². The number of hydrogen-bond donors (Lipinski definition) is 0. The molecule has 34 heavy (non-hydrogen) atoms. The zero-order chi connectivity index (χ0) is 22.5. The quantitative estimate of drug-likeness (QED) is 0.281. The smallest absolute Gasteiger partial charge is 0.115 e. The third-order valence-electron chi connectivity index (χ3n) is 6.79. The minimum atomic E-state index is 1.02. The van der Waals surface area contributed by atoms with Crippen molar-refractivity contribution in [3.05, 3.63) is 122 Å². The van der Waals surface area contributed by atoms with E-state index < -0.39 is 0 Å². The summed E-state index contributed by atoms with van der Waals surface area (Å²) in [5.41, 5.74) is 12.2. The average Bonchev–Trinajstić information content (AvgIpc) is 3.26. The summed E-state index contributed by atoms with van der Waals surface area (Å²) in [4.78, 5) is 8.72. The van der Waals surface area contributed by atoms with Crippen LogP contribution in [0.2, 0.25) is 0 Å². The van der Waals surface area contributed by atoms with Crippen LogP contribution in [0.25, 0.3) is 66.4 Å². The first-order chi connectivity index (χ1) is 16.9. The Morgan fingerprint density at radius 1 is 0.412 bits per heavy atom. The van der Waals surface area contributed by atoms with Crippen molar-refractivity contribution in [1.82, 2.24) is 9.97 Å². The van der Waals surface area contributed by atoms with E-state index in [1.165, 1.54) is 55.3 Å². The molecule has 0 spiro atoms. The molecule has 158 valence electrons. The van der Waals surface area contributed by atoms with Gasteiger partial charge in [0.1, 0.15) is 6.33 Å². The monoisotopic (exact) mass is 432 g/mol. The fraction of sp³-hybridized carbons (Fsp3) is 0. The zero-order valence-corrected chi connectivity index (χ0v) is 18.4. The molecule has 7 rings (SSSR count). The Labute approximate surface area is 198 Å². The van der Waals surface area contributed by atoms with Crippen molar-refractivity contribution >= 4 is 10.8 Å². The lowest BCUT2D eigenvalue weighted by atomic mass is 9.83. The molecular weight excluding hydrogens is 412 g/mol. The van der Waals surface area contributed by atoms with Gasteiger partial charge in [-0.3, -0.25) is 0 Å². The van der Waals surface area contributed by atoms with Gasteiger partial charge < -0.3 is 0 Å². The minimum Gasteiger partial charge on any atom is -0.244 e. The predicted molar refractivity (Wildman–Crippen MR) is 140 cm³/mol. The van der Waals surface area contributed by atoms with Crippen LogP contribution in [0.4, 0.5) is 0 Å². The second-order valence-corrected chi connectivity index (χ2v) is 8.67. The normalized spacial score (nSPS) is 11.5. The number of nitrogens with zero attached hydrogens (tertiary/aromatic N) is 2. The molecule has 0 bridgehead atoms. The van der Waals surface area contributed by atoms with E-state index in [-0.39, 0.29) is 0 Å². The van der Waals surface area contributed by atoms with Crippen LogP contribution in [0.1, 0.15) is 0 Å². The van der Waals surface area contributed by atoms with E-state index in [2.05, 4.69) is 113 Å². The molecule has 0 saturated carbocycles. The first-order valence-corrected chi connectivity index (χ1v) is 11.5. The van der Waals surface area contributed by atoms with Crippen LogP contribution in [0.15, 0.2) is 122 Å². The number of benzene rings is 5.